The van der Waals surface area contributed by atoms with Crippen LogP contribution < -0.4 is 11.1 Å². The molecule has 14 heavy (non-hydrogen) atoms. The van der Waals surface area contributed by atoms with Crippen molar-refractivity contribution in [1.29, 1.82) is 0 Å². The van der Waals surface area contributed by atoms with Crippen LogP contribution in [0.1, 0.15) is 20.3 Å². The summed E-state index contributed by atoms with van der Waals surface area (Å²) in [6, 6.07) is -0.654. The van der Waals surface area contributed by atoms with Crippen LogP contribution in [-0.2, 0) is 14.4 Å². The Labute approximate surface area is 82.0 Å². The molecule has 1 heterocycles. The number of hydrogen-bond donors (Lipinski definition) is 2. The van der Waals surface area contributed by atoms with Gasteiger partial charge in [-0.05, 0) is 6.42 Å². The Hall–Kier alpha value is -1.23. The van der Waals surface area contributed by atoms with E-state index in [1.807, 2.05) is 0 Å². The van der Waals surface area contributed by atoms with Gasteiger partial charge in [-0.1, -0.05) is 13.8 Å². The third-order valence-electron chi connectivity index (χ3n) is 2.55. The molecule has 1 aliphatic rings. The molecule has 0 aromatic rings. The van der Waals surface area contributed by atoms with E-state index < -0.39 is 29.7 Å². The number of Topliss-reactive ketones (excluding diaryl/α,β-unsaturated/α-hetero) is 1. The smallest absolute Gasteiger partial charge is 0.238 e. The molecule has 0 aliphatic carbocycles. The molecule has 3 N–H and O–H groups in total. The van der Waals surface area contributed by atoms with Gasteiger partial charge in [-0.2, -0.15) is 0 Å². The van der Waals surface area contributed by atoms with Gasteiger partial charge in [0.15, 0.2) is 5.78 Å². The summed E-state index contributed by atoms with van der Waals surface area (Å²) in [5.74, 6) is -2.73. The van der Waals surface area contributed by atoms with Crippen LogP contribution in [0, 0.1) is 11.8 Å². The van der Waals surface area contributed by atoms with Crippen molar-refractivity contribution in [3.8, 4) is 0 Å². The highest BCUT2D eigenvalue weighted by molar-refractivity contribution is 6.16. The standard InChI is InChI=1S/C9H14N2O3/c1-3-5(10)7(12)6-4(2)8(13)11-9(6)14/h4-6H,3,10H2,1-2H3,(H,11,13,14)/t4-,5-,6+/m0/s1. The van der Waals surface area contributed by atoms with Crippen molar-refractivity contribution in [3.63, 3.8) is 0 Å². The maximum absolute atomic E-state index is 11.6. The van der Waals surface area contributed by atoms with Crippen LogP contribution in [-0.4, -0.2) is 23.6 Å². The van der Waals surface area contributed by atoms with Crippen molar-refractivity contribution in [2.45, 2.75) is 26.3 Å². The van der Waals surface area contributed by atoms with Gasteiger partial charge in [0, 0.05) is 0 Å². The maximum atomic E-state index is 11.6. The second-order valence-electron chi connectivity index (χ2n) is 3.54. The number of nitrogens with two attached hydrogens (primary N) is 1. The fourth-order valence-electron chi connectivity index (χ4n) is 1.50. The molecule has 3 atom stereocenters. The van der Waals surface area contributed by atoms with Crippen molar-refractivity contribution in [2.75, 3.05) is 0 Å². The first-order valence-corrected chi connectivity index (χ1v) is 4.63. The van der Waals surface area contributed by atoms with Crippen LogP contribution in [0.4, 0.5) is 0 Å². The van der Waals surface area contributed by atoms with E-state index in [1.165, 1.54) is 0 Å². The van der Waals surface area contributed by atoms with Gasteiger partial charge in [-0.25, -0.2) is 0 Å². The molecule has 5 nitrogen and oxygen atoms in total. The zero-order chi connectivity index (χ0) is 10.9. The number of rotatable bonds is 3. The molecule has 0 bridgehead atoms. The molecule has 0 aromatic heterocycles. The van der Waals surface area contributed by atoms with Gasteiger partial charge in [-0.3, -0.25) is 19.7 Å². The normalized spacial score (nSPS) is 28.8. The second-order valence-corrected chi connectivity index (χ2v) is 3.54. The van der Waals surface area contributed by atoms with Gasteiger partial charge in [0.2, 0.25) is 11.8 Å². The van der Waals surface area contributed by atoms with Crippen LogP contribution in [0.5, 0.6) is 0 Å². The highest BCUT2D eigenvalue weighted by Gasteiger charge is 2.44. The Morgan fingerprint density at radius 1 is 1.50 bits per heavy atom. The monoisotopic (exact) mass is 198 g/mol. The van der Waals surface area contributed by atoms with Gasteiger partial charge in [0.1, 0.15) is 5.92 Å². The fourth-order valence-corrected chi connectivity index (χ4v) is 1.50. The predicted molar refractivity (Wildman–Crippen MR) is 49.1 cm³/mol. The molecule has 0 aromatic carbocycles. The third-order valence-corrected chi connectivity index (χ3v) is 2.55. The molecule has 0 spiro atoms. The lowest BCUT2D eigenvalue weighted by Crippen LogP contribution is -2.39. The Kier molecular flexibility index (Phi) is 3.00. The first kappa shape index (κ1) is 10.8. The maximum Gasteiger partial charge on any atom is 0.238 e. The fraction of sp³-hybridized carbons (Fsp3) is 0.667. The summed E-state index contributed by atoms with van der Waals surface area (Å²) >= 11 is 0. The number of amides is 2. The molecule has 5 heteroatoms. The SMILES string of the molecule is CC[C@H](N)C(=O)[C@@H]1C(=O)NC(=O)[C@H]1C. The Morgan fingerprint density at radius 2 is 2.07 bits per heavy atom. The molecule has 1 saturated heterocycles. The lowest BCUT2D eigenvalue weighted by molar-refractivity contribution is -0.133. The summed E-state index contributed by atoms with van der Waals surface area (Å²) in [4.78, 5) is 33.9. The van der Waals surface area contributed by atoms with E-state index in [1.54, 1.807) is 13.8 Å². The van der Waals surface area contributed by atoms with Gasteiger partial charge in [0.05, 0.1) is 12.0 Å². The molecule has 2 amide bonds. The number of hydrogen-bond acceptors (Lipinski definition) is 4. The zero-order valence-corrected chi connectivity index (χ0v) is 8.24. The van der Waals surface area contributed by atoms with Gasteiger partial charge in [-0.15, -0.1) is 0 Å². The summed E-state index contributed by atoms with van der Waals surface area (Å²) in [5, 5.41) is 2.12. The van der Waals surface area contributed by atoms with Crippen LogP contribution in [0.2, 0.25) is 0 Å². The number of carbonyl (C=O) groups excluding carboxylic acids is 3. The molecule has 1 rings (SSSR count). The average Bonchev–Trinajstić information content (AvgIpc) is 2.39. The number of imide groups is 1. The molecular formula is C9H14N2O3. The summed E-state index contributed by atoms with van der Waals surface area (Å²) < 4.78 is 0. The van der Waals surface area contributed by atoms with E-state index >= 15 is 0 Å². The highest BCUT2D eigenvalue weighted by Crippen LogP contribution is 2.20. The molecule has 1 fully saturated rings. The largest absolute Gasteiger partial charge is 0.321 e. The molecular weight excluding hydrogens is 184 g/mol. The van der Waals surface area contributed by atoms with Crippen LogP contribution >= 0.6 is 0 Å². The first-order valence-electron chi connectivity index (χ1n) is 4.63. The van der Waals surface area contributed by atoms with E-state index in [0.29, 0.717) is 6.42 Å². The Morgan fingerprint density at radius 3 is 2.43 bits per heavy atom. The Bertz CT molecular complexity index is 288. The summed E-state index contributed by atoms with van der Waals surface area (Å²) in [7, 11) is 0. The Balaban J connectivity index is 2.82. The number of carbonyl (C=O) groups is 3. The first-order chi connectivity index (χ1) is 6.49. The van der Waals surface area contributed by atoms with Gasteiger partial charge >= 0.3 is 0 Å². The van der Waals surface area contributed by atoms with Crippen molar-refractivity contribution in [3.05, 3.63) is 0 Å². The van der Waals surface area contributed by atoms with E-state index in [4.69, 9.17) is 5.73 Å². The van der Waals surface area contributed by atoms with Gasteiger partial charge < -0.3 is 5.73 Å². The molecule has 1 aliphatic heterocycles. The highest BCUT2D eigenvalue weighted by atomic mass is 16.2. The number of ketones is 1. The minimum Gasteiger partial charge on any atom is -0.321 e. The summed E-state index contributed by atoms with van der Waals surface area (Å²) in [6.07, 6.45) is 0.476. The third kappa shape index (κ3) is 1.68. The average molecular weight is 198 g/mol. The predicted octanol–water partition coefficient (Wildman–Crippen LogP) is -0.798. The lowest BCUT2D eigenvalue weighted by atomic mass is 9.88. The molecule has 78 valence electrons. The minimum atomic E-state index is -0.891. The molecule has 0 radical (unpaired) electrons. The van der Waals surface area contributed by atoms with Crippen molar-refractivity contribution in [2.24, 2.45) is 17.6 Å². The van der Waals surface area contributed by atoms with E-state index in [9.17, 15) is 14.4 Å². The number of nitrogens with one attached hydrogen (secondary N) is 1. The van der Waals surface area contributed by atoms with E-state index in [-0.39, 0.29) is 5.78 Å². The van der Waals surface area contributed by atoms with Crippen LogP contribution in [0.15, 0.2) is 0 Å². The van der Waals surface area contributed by atoms with E-state index in [2.05, 4.69) is 5.32 Å². The van der Waals surface area contributed by atoms with Crippen molar-refractivity contribution >= 4 is 17.6 Å². The minimum absolute atomic E-state index is 0.344. The second kappa shape index (κ2) is 3.88. The topological polar surface area (TPSA) is 89.3 Å². The quantitative estimate of drug-likeness (QED) is 0.459. The van der Waals surface area contributed by atoms with Crippen molar-refractivity contribution in [1.82, 2.24) is 5.32 Å². The van der Waals surface area contributed by atoms with Crippen molar-refractivity contribution < 1.29 is 14.4 Å². The van der Waals surface area contributed by atoms with Crippen LogP contribution in [0.3, 0.4) is 0 Å². The van der Waals surface area contributed by atoms with Gasteiger partial charge in [0.25, 0.3) is 0 Å². The summed E-state index contributed by atoms with van der Waals surface area (Å²) in [6.45, 7) is 3.33. The zero-order valence-electron chi connectivity index (χ0n) is 8.24. The lowest BCUT2D eigenvalue weighted by Gasteiger charge is -2.13. The van der Waals surface area contributed by atoms with Crippen LogP contribution in [0.25, 0.3) is 0 Å². The molecule has 0 unspecified atom stereocenters. The molecule has 0 saturated carbocycles. The van der Waals surface area contributed by atoms with E-state index in [0.717, 1.165) is 0 Å². The summed E-state index contributed by atoms with van der Waals surface area (Å²) in [5.41, 5.74) is 5.53.